The van der Waals surface area contributed by atoms with E-state index >= 15 is 0 Å². The number of aromatic carboxylic acids is 1. The Kier molecular flexibility index (Phi) is 4.42. The molecular formula is C13H18O2S. The molecule has 3 heteroatoms. The van der Waals surface area contributed by atoms with E-state index in [4.69, 9.17) is 5.11 Å². The third-order valence-electron chi connectivity index (χ3n) is 2.70. The van der Waals surface area contributed by atoms with Crippen LogP contribution >= 0.6 is 11.8 Å². The first-order chi connectivity index (χ1) is 7.52. The van der Waals surface area contributed by atoms with Crippen molar-refractivity contribution in [2.75, 3.05) is 6.26 Å². The molecule has 1 rings (SSSR count). The van der Waals surface area contributed by atoms with Crippen LogP contribution in [0.2, 0.25) is 0 Å². The van der Waals surface area contributed by atoms with Gasteiger partial charge < -0.3 is 5.11 Å². The van der Waals surface area contributed by atoms with Crippen LogP contribution in [-0.4, -0.2) is 17.3 Å². The van der Waals surface area contributed by atoms with Gasteiger partial charge in [0.05, 0.1) is 5.56 Å². The molecule has 0 aromatic heterocycles. The van der Waals surface area contributed by atoms with Crippen LogP contribution in [0.3, 0.4) is 0 Å². The highest BCUT2D eigenvalue weighted by molar-refractivity contribution is 7.98. The summed E-state index contributed by atoms with van der Waals surface area (Å²) in [5.41, 5.74) is 2.65. The van der Waals surface area contributed by atoms with Crippen molar-refractivity contribution in [2.45, 2.75) is 38.0 Å². The van der Waals surface area contributed by atoms with Crippen LogP contribution in [-0.2, 0) is 6.42 Å². The first-order valence-electron chi connectivity index (χ1n) is 5.45. The predicted octanol–water partition coefficient (Wildman–Crippen LogP) is 3.79. The number of carbonyl (C=O) groups is 1. The zero-order valence-corrected chi connectivity index (χ0v) is 11.0. The lowest BCUT2D eigenvalue weighted by Crippen LogP contribution is -2.06. The van der Waals surface area contributed by atoms with Gasteiger partial charge in [-0.3, -0.25) is 0 Å². The molecule has 0 radical (unpaired) electrons. The number of carboxylic acid groups (broad SMARTS) is 1. The maximum Gasteiger partial charge on any atom is 0.336 e. The van der Waals surface area contributed by atoms with Gasteiger partial charge in [-0.1, -0.05) is 26.8 Å². The maximum absolute atomic E-state index is 11.1. The summed E-state index contributed by atoms with van der Waals surface area (Å²) in [6, 6.07) is 3.68. The fraction of sp³-hybridized carbons (Fsp3) is 0.462. The standard InChI is InChI=1S/C13H18O2S/c1-5-9-11(13(14)15)7-6-10(8(2)3)12(9)16-4/h6-8H,5H2,1-4H3,(H,14,15). The summed E-state index contributed by atoms with van der Waals surface area (Å²) in [6.45, 7) is 6.27. The molecule has 0 saturated carbocycles. The molecule has 0 aliphatic heterocycles. The van der Waals surface area contributed by atoms with E-state index in [9.17, 15) is 4.79 Å². The minimum atomic E-state index is -0.831. The largest absolute Gasteiger partial charge is 0.478 e. The highest BCUT2D eigenvalue weighted by Crippen LogP contribution is 2.32. The van der Waals surface area contributed by atoms with Crippen LogP contribution in [0.4, 0.5) is 0 Å². The minimum absolute atomic E-state index is 0.426. The molecule has 16 heavy (non-hydrogen) atoms. The highest BCUT2D eigenvalue weighted by Gasteiger charge is 2.16. The van der Waals surface area contributed by atoms with Gasteiger partial charge in [0.15, 0.2) is 0 Å². The molecule has 0 saturated heterocycles. The van der Waals surface area contributed by atoms with Gasteiger partial charge >= 0.3 is 5.97 Å². The van der Waals surface area contributed by atoms with Crippen molar-refractivity contribution in [1.82, 2.24) is 0 Å². The van der Waals surface area contributed by atoms with Gasteiger partial charge in [-0.25, -0.2) is 4.79 Å². The smallest absolute Gasteiger partial charge is 0.336 e. The number of thioether (sulfide) groups is 1. The minimum Gasteiger partial charge on any atom is -0.478 e. The quantitative estimate of drug-likeness (QED) is 0.811. The Morgan fingerprint density at radius 1 is 1.44 bits per heavy atom. The van der Waals surface area contributed by atoms with Crippen molar-refractivity contribution in [2.24, 2.45) is 0 Å². The summed E-state index contributed by atoms with van der Waals surface area (Å²) in [5, 5.41) is 9.14. The SMILES string of the molecule is CCc1c(C(=O)O)ccc(C(C)C)c1SC. The third-order valence-corrected chi connectivity index (χ3v) is 3.59. The average molecular weight is 238 g/mol. The Labute approximate surface area is 101 Å². The Morgan fingerprint density at radius 2 is 2.06 bits per heavy atom. The molecule has 0 heterocycles. The van der Waals surface area contributed by atoms with Crippen LogP contribution in [0.5, 0.6) is 0 Å². The summed E-state index contributed by atoms with van der Waals surface area (Å²) in [7, 11) is 0. The lowest BCUT2D eigenvalue weighted by molar-refractivity contribution is 0.0695. The molecule has 0 unspecified atom stereocenters. The summed E-state index contributed by atoms with van der Waals surface area (Å²) in [4.78, 5) is 12.3. The molecule has 0 spiro atoms. The van der Waals surface area contributed by atoms with Crippen molar-refractivity contribution in [3.8, 4) is 0 Å². The molecule has 0 bridgehead atoms. The van der Waals surface area contributed by atoms with Crippen molar-refractivity contribution < 1.29 is 9.90 Å². The van der Waals surface area contributed by atoms with E-state index < -0.39 is 5.97 Å². The molecule has 0 fully saturated rings. The second-order valence-corrected chi connectivity index (χ2v) is 4.84. The van der Waals surface area contributed by atoms with Crippen molar-refractivity contribution in [3.63, 3.8) is 0 Å². The van der Waals surface area contributed by atoms with E-state index in [1.807, 2.05) is 19.2 Å². The fourth-order valence-corrected chi connectivity index (χ4v) is 2.93. The summed E-state index contributed by atoms with van der Waals surface area (Å²) < 4.78 is 0. The number of carboxylic acids is 1. The Hall–Kier alpha value is -0.960. The topological polar surface area (TPSA) is 37.3 Å². The molecule has 88 valence electrons. The van der Waals surface area contributed by atoms with Gasteiger partial charge in [0.2, 0.25) is 0 Å². The number of benzene rings is 1. The van der Waals surface area contributed by atoms with Crippen LogP contribution in [0.1, 0.15) is 48.2 Å². The summed E-state index contributed by atoms with van der Waals surface area (Å²) in [5.74, 6) is -0.405. The molecule has 2 nitrogen and oxygen atoms in total. The van der Waals surface area contributed by atoms with E-state index in [-0.39, 0.29) is 0 Å². The van der Waals surface area contributed by atoms with Crippen LogP contribution in [0.25, 0.3) is 0 Å². The second-order valence-electron chi connectivity index (χ2n) is 4.03. The van der Waals surface area contributed by atoms with Gasteiger partial charge in [0.1, 0.15) is 0 Å². The molecule has 0 aliphatic rings. The van der Waals surface area contributed by atoms with Crippen LogP contribution in [0.15, 0.2) is 17.0 Å². The second kappa shape index (κ2) is 5.39. The van der Waals surface area contributed by atoms with Crippen LogP contribution in [0, 0.1) is 0 Å². The normalized spacial score (nSPS) is 10.8. The Bertz CT molecular complexity index is 397. The molecule has 1 aromatic rings. The zero-order chi connectivity index (χ0) is 12.3. The Morgan fingerprint density at radius 3 is 2.44 bits per heavy atom. The first kappa shape index (κ1) is 13.1. The van der Waals surface area contributed by atoms with Crippen LogP contribution < -0.4 is 0 Å². The van der Waals surface area contributed by atoms with E-state index in [2.05, 4.69) is 13.8 Å². The average Bonchev–Trinajstić information content (AvgIpc) is 2.26. The first-order valence-corrected chi connectivity index (χ1v) is 6.68. The van der Waals surface area contributed by atoms with E-state index in [1.165, 1.54) is 5.56 Å². The summed E-state index contributed by atoms with van der Waals surface area (Å²) in [6.07, 6.45) is 2.77. The van der Waals surface area contributed by atoms with E-state index in [1.54, 1.807) is 17.8 Å². The van der Waals surface area contributed by atoms with Gasteiger partial charge in [-0.15, -0.1) is 11.8 Å². The van der Waals surface area contributed by atoms with Crippen molar-refractivity contribution in [3.05, 3.63) is 28.8 Å². The number of hydrogen-bond donors (Lipinski definition) is 1. The van der Waals surface area contributed by atoms with Gasteiger partial charge in [0, 0.05) is 4.90 Å². The lowest BCUT2D eigenvalue weighted by Gasteiger charge is -2.16. The number of hydrogen-bond acceptors (Lipinski definition) is 2. The molecule has 0 aliphatic carbocycles. The van der Waals surface area contributed by atoms with E-state index in [0.717, 1.165) is 16.9 Å². The molecule has 1 N–H and O–H groups in total. The fourth-order valence-electron chi connectivity index (χ4n) is 1.89. The molecule has 0 atom stereocenters. The van der Waals surface area contributed by atoms with Gasteiger partial charge in [-0.2, -0.15) is 0 Å². The Balaban J connectivity index is 3.46. The zero-order valence-electron chi connectivity index (χ0n) is 10.2. The molecular weight excluding hydrogens is 220 g/mol. The monoisotopic (exact) mass is 238 g/mol. The highest BCUT2D eigenvalue weighted by atomic mass is 32.2. The van der Waals surface area contributed by atoms with E-state index in [0.29, 0.717) is 11.5 Å². The van der Waals surface area contributed by atoms with Gasteiger partial charge in [-0.05, 0) is 35.8 Å². The predicted molar refractivity (Wildman–Crippen MR) is 68.6 cm³/mol. The maximum atomic E-state index is 11.1. The van der Waals surface area contributed by atoms with Crippen molar-refractivity contribution >= 4 is 17.7 Å². The molecule has 1 aromatic carbocycles. The molecule has 0 amide bonds. The summed E-state index contributed by atoms with van der Waals surface area (Å²) >= 11 is 1.64. The van der Waals surface area contributed by atoms with Gasteiger partial charge in [0.25, 0.3) is 0 Å². The number of rotatable bonds is 4. The third kappa shape index (κ3) is 2.40. The van der Waals surface area contributed by atoms with Crippen molar-refractivity contribution in [1.29, 1.82) is 0 Å². The lowest BCUT2D eigenvalue weighted by atomic mass is 9.96.